The van der Waals surface area contributed by atoms with Crippen LogP contribution in [0.5, 0.6) is 0 Å². The van der Waals surface area contributed by atoms with Gasteiger partial charge in [0, 0.05) is 22.6 Å². The van der Waals surface area contributed by atoms with Gasteiger partial charge in [-0.2, -0.15) is 15.8 Å². The van der Waals surface area contributed by atoms with E-state index in [2.05, 4.69) is 13.0 Å². The fourth-order valence-electron chi connectivity index (χ4n) is 4.55. The van der Waals surface area contributed by atoms with Gasteiger partial charge in [0.05, 0.1) is 29.1 Å². The molecule has 0 fully saturated rings. The zero-order valence-corrected chi connectivity index (χ0v) is 19.4. The van der Waals surface area contributed by atoms with E-state index < -0.39 is 17.6 Å². The van der Waals surface area contributed by atoms with Crippen molar-refractivity contribution >= 4 is 17.4 Å². The van der Waals surface area contributed by atoms with Crippen LogP contribution in [0.2, 0.25) is 5.02 Å². The minimum Gasteiger partial charge on any atom is -0.294 e. The molecular weight excluding hydrogens is 444 g/mol. The van der Waals surface area contributed by atoms with E-state index in [1.54, 1.807) is 24.3 Å². The molecule has 1 atom stereocenters. The molecule has 0 saturated heterocycles. The van der Waals surface area contributed by atoms with Crippen LogP contribution in [0, 0.1) is 39.9 Å². The van der Waals surface area contributed by atoms with Crippen molar-refractivity contribution in [2.45, 2.75) is 38.0 Å². The van der Waals surface area contributed by atoms with Crippen molar-refractivity contribution in [3.05, 3.63) is 87.6 Å². The summed E-state index contributed by atoms with van der Waals surface area (Å²) >= 11 is 5.93. The number of Topliss-reactive ketones (excluding diaryl/α,β-unsaturated/α-hetero) is 1. The highest BCUT2D eigenvalue weighted by molar-refractivity contribution is 6.30. The number of ketones is 1. The maximum Gasteiger partial charge on any atom is 0.193 e. The van der Waals surface area contributed by atoms with E-state index in [0.717, 1.165) is 29.5 Å². The third-order valence-electron chi connectivity index (χ3n) is 6.39. The Hall–Kier alpha value is -3.98. The number of nitrogens with zero attached hydrogens (tertiary/aromatic N) is 4. The average Bonchev–Trinajstić information content (AvgIpc) is 2.87. The Morgan fingerprint density at radius 2 is 1.74 bits per heavy atom. The van der Waals surface area contributed by atoms with Crippen LogP contribution < -0.4 is 0 Å². The van der Waals surface area contributed by atoms with E-state index in [0.29, 0.717) is 28.6 Å². The van der Waals surface area contributed by atoms with Gasteiger partial charge in [0.1, 0.15) is 6.07 Å². The van der Waals surface area contributed by atoms with Crippen LogP contribution in [-0.4, -0.2) is 10.8 Å². The molecule has 0 saturated carbocycles. The molecule has 4 rings (SSSR count). The number of halogens is 1. The molecule has 6 heteroatoms. The summed E-state index contributed by atoms with van der Waals surface area (Å²) in [6, 6.07) is 22.2. The number of hydrogen-bond donors (Lipinski definition) is 0. The van der Waals surface area contributed by atoms with E-state index in [1.165, 1.54) is 0 Å². The second-order valence-corrected chi connectivity index (χ2v) is 9.14. The summed E-state index contributed by atoms with van der Waals surface area (Å²) in [5.41, 5.74) is 2.09. The van der Waals surface area contributed by atoms with Gasteiger partial charge in [0.15, 0.2) is 11.2 Å². The summed E-state index contributed by atoms with van der Waals surface area (Å²) < 4.78 is 0. The Labute approximate surface area is 203 Å². The van der Waals surface area contributed by atoms with E-state index >= 15 is 0 Å². The normalized spacial score (nSPS) is 14.9. The molecule has 0 radical (unpaired) electrons. The van der Waals surface area contributed by atoms with Crippen molar-refractivity contribution in [3.8, 4) is 29.5 Å². The Balaban J connectivity index is 1.93. The van der Waals surface area contributed by atoms with Crippen LogP contribution in [0.3, 0.4) is 0 Å². The maximum atomic E-state index is 13.1. The fraction of sp³-hybridized carbons (Fsp3) is 0.250. The first-order chi connectivity index (χ1) is 16.4. The fourth-order valence-corrected chi connectivity index (χ4v) is 4.67. The number of fused-ring (bicyclic) bond motifs is 1. The van der Waals surface area contributed by atoms with Gasteiger partial charge in [0.25, 0.3) is 0 Å². The molecule has 0 N–H and O–H groups in total. The molecule has 1 heterocycles. The van der Waals surface area contributed by atoms with Crippen molar-refractivity contribution in [2.24, 2.45) is 5.92 Å². The predicted molar refractivity (Wildman–Crippen MR) is 129 cm³/mol. The molecule has 0 unspecified atom stereocenters. The predicted octanol–water partition coefficient (Wildman–Crippen LogP) is 5.96. The highest BCUT2D eigenvalue weighted by Crippen LogP contribution is 2.40. The molecule has 3 aromatic rings. The first-order valence-electron chi connectivity index (χ1n) is 11.1. The smallest absolute Gasteiger partial charge is 0.193 e. The molecule has 1 aliphatic rings. The van der Waals surface area contributed by atoms with Gasteiger partial charge >= 0.3 is 0 Å². The number of carbonyl (C=O) groups excluding carboxylic acids is 1. The van der Waals surface area contributed by atoms with E-state index in [1.807, 2.05) is 42.5 Å². The molecule has 34 heavy (non-hydrogen) atoms. The first kappa shape index (κ1) is 23.2. The number of carbonyl (C=O) groups is 1. The summed E-state index contributed by atoms with van der Waals surface area (Å²) in [7, 11) is 0. The lowest BCUT2D eigenvalue weighted by molar-refractivity contribution is 0.0970. The standard InChI is InChI=1S/C28H21ClN4O/c1-18-7-12-22-23(13-18)26(20-5-3-2-4-6-20)33-27(24(22)15-30)28(16-31,17-32)14-25(34)19-8-10-21(29)11-9-19/h2-6,8-11,18H,7,12-14H2,1H3/t18-/m1/s1. The lowest BCUT2D eigenvalue weighted by atomic mass is 9.74. The van der Waals surface area contributed by atoms with Crippen LogP contribution in [-0.2, 0) is 18.3 Å². The second kappa shape index (κ2) is 9.48. The number of rotatable bonds is 5. The van der Waals surface area contributed by atoms with Crippen molar-refractivity contribution in [1.29, 1.82) is 15.8 Å². The number of aromatic nitrogens is 1. The first-order valence-corrected chi connectivity index (χ1v) is 11.4. The molecule has 166 valence electrons. The molecule has 2 aromatic carbocycles. The molecule has 0 amide bonds. The lowest BCUT2D eigenvalue weighted by Gasteiger charge is -2.28. The van der Waals surface area contributed by atoms with Crippen molar-refractivity contribution < 1.29 is 4.79 Å². The monoisotopic (exact) mass is 464 g/mol. The largest absolute Gasteiger partial charge is 0.294 e. The maximum absolute atomic E-state index is 13.1. The number of hydrogen-bond acceptors (Lipinski definition) is 5. The average molecular weight is 465 g/mol. The van der Waals surface area contributed by atoms with Gasteiger partial charge in [-0.1, -0.05) is 48.9 Å². The minimum absolute atomic E-state index is 0.0643. The molecule has 0 aliphatic heterocycles. The molecule has 0 spiro atoms. The zero-order chi connectivity index (χ0) is 24.3. The molecule has 0 bridgehead atoms. The van der Waals surface area contributed by atoms with E-state index in [9.17, 15) is 20.6 Å². The van der Waals surface area contributed by atoms with Crippen LogP contribution in [0.1, 0.15) is 52.5 Å². The van der Waals surface area contributed by atoms with Crippen molar-refractivity contribution in [2.75, 3.05) is 0 Å². The van der Waals surface area contributed by atoms with Crippen molar-refractivity contribution in [1.82, 2.24) is 4.98 Å². The third kappa shape index (κ3) is 4.17. The second-order valence-electron chi connectivity index (χ2n) is 8.70. The Bertz CT molecular complexity index is 1360. The van der Waals surface area contributed by atoms with Crippen LogP contribution in [0.15, 0.2) is 54.6 Å². The SMILES string of the molecule is C[C@@H]1CCc2c(C#N)c(C(C#N)(C#N)CC(=O)c3ccc(Cl)cc3)nc(-c3ccccc3)c2C1. The van der Waals surface area contributed by atoms with Crippen LogP contribution >= 0.6 is 11.6 Å². The zero-order valence-electron chi connectivity index (χ0n) is 18.7. The third-order valence-corrected chi connectivity index (χ3v) is 6.64. The van der Waals surface area contributed by atoms with Gasteiger partial charge in [0.2, 0.25) is 0 Å². The minimum atomic E-state index is -1.90. The van der Waals surface area contributed by atoms with E-state index in [-0.39, 0.29) is 11.3 Å². The van der Waals surface area contributed by atoms with Gasteiger partial charge < -0.3 is 0 Å². The van der Waals surface area contributed by atoms with Gasteiger partial charge in [-0.3, -0.25) is 4.79 Å². The van der Waals surface area contributed by atoms with Gasteiger partial charge in [-0.25, -0.2) is 4.98 Å². The van der Waals surface area contributed by atoms with E-state index in [4.69, 9.17) is 16.6 Å². The molecule has 5 nitrogen and oxygen atoms in total. The highest BCUT2D eigenvalue weighted by atomic mass is 35.5. The summed E-state index contributed by atoms with van der Waals surface area (Å²) in [5.74, 6) is 0.0374. The number of benzene rings is 2. The quantitative estimate of drug-likeness (QED) is 0.433. The lowest BCUT2D eigenvalue weighted by Crippen LogP contribution is -2.30. The Morgan fingerprint density at radius 3 is 2.35 bits per heavy atom. The summed E-state index contributed by atoms with van der Waals surface area (Å²) in [6.45, 7) is 2.16. The summed E-state index contributed by atoms with van der Waals surface area (Å²) in [4.78, 5) is 17.9. The Morgan fingerprint density at radius 1 is 1.06 bits per heavy atom. The topological polar surface area (TPSA) is 101 Å². The van der Waals surface area contributed by atoms with Gasteiger partial charge in [-0.05, 0) is 60.6 Å². The molecule has 1 aliphatic carbocycles. The van der Waals surface area contributed by atoms with Crippen molar-refractivity contribution in [3.63, 3.8) is 0 Å². The number of nitriles is 3. The molecular formula is C28H21ClN4O. The van der Waals surface area contributed by atoms with Crippen LogP contribution in [0.25, 0.3) is 11.3 Å². The summed E-state index contributed by atoms with van der Waals surface area (Å²) in [6.07, 6.45) is 1.91. The molecule has 1 aromatic heterocycles. The summed E-state index contributed by atoms with van der Waals surface area (Å²) in [5, 5.41) is 31.0. The Kier molecular flexibility index (Phi) is 6.47. The highest BCUT2D eigenvalue weighted by Gasteiger charge is 2.42. The van der Waals surface area contributed by atoms with Gasteiger partial charge in [-0.15, -0.1) is 0 Å². The number of pyridine rings is 1. The van der Waals surface area contributed by atoms with Crippen LogP contribution in [0.4, 0.5) is 0 Å².